The van der Waals surface area contributed by atoms with Gasteiger partial charge in [-0.3, -0.25) is 4.79 Å². The smallest absolute Gasteiger partial charge is 0.258 e. The van der Waals surface area contributed by atoms with Crippen LogP contribution in [-0.2, 0) is 4.74 Å². The second-order valence-corrected chi connectivity index (χ2v) is 5.32. The first-order valence-corrected chi connectivity index (χ1v) is 6.69. The van der Waals surface area contributed by atoms with Gasteiger partial charge in [0.05, 0.1) is 31.4 Å². The molecule has 1 aliphatic rings. The second kappa shape index (κ2) is 5.85. The van der Waals surface area contributed by atoms with E-state index in [1.807, 2.05) is 0 Å². The number of ether oxygens (including phenoxy) is 1. The van der Waals surface area contributed by atoms with Crippen LogP contribution in [0.3, 0.4) is 0 Å². The second-order valence-electron chi connectivity index (χ2n) is 4.07. The molecule has 0 aliphatic carbocycles. The number of morpholine rings is 1. The maximum absolute atomic E-state index is 12.3. The van der Waals surface area contributed by atoms with E-state index in [2.05, 4.69) is 22.6 Å². The first-order valence-electron chi connectivity index (χ1n) is 5.61. The lowest BCUT2D eigenvalue weighted by Gasteiger charge is -2.34. The quantitative estimate of drug-likeness (QED) is 0.764. The lowest BCUT2D eigenvalue weighted by Crippen LogP contribution is -2.50. The number of hydrogen-bond acceptors (Lipinski definition) is 4. The Hall–Kier alpha value is -0.860. The largest absolute Gasteiger partial charge is 0.507 e. The summed E-state index contributed by atoms with van der Waals surface area (Å²) in [5.41, 5.74) is 0.266. The maximum atomic E-state index is 12.3. The number of aliphatic hydroxyl groups excluding tert-OH is 1. The van der Waals surface area contributed by atoms with Gasteiger partial charge in [0, 0.05) is 10.1 Å². The van der Waals surface area contributed by atoms with Gasteiger partial charge in [0.25, 0.3) is 5.91 Å². The van der Waals surface area contributed by atoms with Gasteiger partial charge in [-0.15, -0.1) is 0 Å². The van der Waals surface area contributed by atoms with Crippen LogP contribution in [0.4, 0.5) is 0 Å². The lowest BCUT2D eigenvalue weighted by molar-refractivity contribution is -0.0185. The molecule has 2 rings (SSSR count). The molecule has 1 amide bonds. The first-order chi connectivity index (χ1) is 8.63. The molecule has 1 fully saturated rings. The van der Waals surface area contributed by atoms with Crippen molar-refractivity contribution in [2.75, 3.05) is 26.4 Å². The van der Waals surface area contributed by atoms with Crippen LogP contribution in [0.15, 0.2) is 18.2 Å². The zero-order chi connectivity index (χ0) is 13.1. The van der Waals surface area contributed by atoms with E-state index in [9.17, 15) is 15.0 Å². The lowest BCUT2D eigenvalue weighted by atomic mass is 10.1. The van der Waals surface area contributed by atoms with Crippen molar-refractivity contribution in [2.24, 2.45) is 0 Å². The summed E-state index contributed by atoms with van der Waals surface area (Å²) in [4.78, 5) is 13.9. The molecule has 1 unspecified atom stereocenters. The highest BCUT2D eigenvalue weighted by atomic mass is 127. The number of aliphatic hydroxyl groups is 1. The van der Waals surface area contributed by atoms with Crippen LogP contribution in [0.1, 0.15) is 10.4 Å². The predicted octanol–water partition coefficient (Wildman–Crippen LogP) is 0.830. The van der Waals surface area contributed by atoms with Crippen molar-refractivity contribution in [3.05, 3.63) is 27.3 Å². The summed E-state index contributed by atoms with van der Waals surface area (Å²) in [6.45, 7) is 1.06. The van der Waals surface area contributed by atoms with E-state index in [0.29, 0.717) is 19.8 Å². The molecule has 1 atom stereocenters. The van der Waals surface area contributed by atoms with Crippen LogP contribution in [0.25, 0.3) is 0 Å². The molecular formula is C12H14INO4. The van der Waals surface area contributed by atoms with Gasteiger partial charge in [-0.2, -0.15) is 0 Å². The molecule has 0 radical (unpaired) electrons. The molecule has 0 saturated carbocycles. The van der Waals surface area contributed by atoms with Crippen LogP contribution in [-0.4, -0.2) is 53.4 Å². The Balaban J connectivity index is 2.26. The average molecular weight is 363 g/mol. The Kier molecular flexibility index (Phi) is 4.41. The first kappa shape index (κ1) is 13.6. The Labute approximate surface area is 119 Å². The zero-order valence-electron chi connectivity index (χ0n) is 9.67. The van der Waals surface area contributed by atoms with E-state index < -0.39 is 0 Å². The van der Waals surface area contributed by atoms with Crippen LogP contribution in [0, 0.1) is 3.57 Å². The number of carbonyl (C=O) groups is 1. The molecule has 1 aromatic carbocycles. The number of hydrogen-bond donors (Lipinski definition) is 2. The highest BCUT2D eigenvalue weighted by molar-refractivity contribution is 14.1. The number of phenolic OH excluding ortho intramolecular Hbond substituents is 1. The highest BCUT2D eigenvalue weighted by Gasteiger charge is 2.28. The minimum atomic E-state index is -0.344. The predicted molar refractivity (Wildman–Crippen MR) is 73.6 cm³/mol. The fourth-order valence-electron chi connectivity index (χ4n) is 1.91. The monoisotopic (exact) mass is 363 g/mol. The van der Waals surface area contributed by atoms with Gasteiger partial charge < -0.3 is 19.8 Å². The third-order valence-electron chi connectivity index (χ3n) is 2.89. The van der Waals surface area contributed by atoms with E-state index in [1.165, 1.54) is 6.07 Å². The minimum Gasteiger partial charge on any atom is -0.507 e. The number of benzene rings is 1. The van der Waals surface area contributed by atoms with Crippen molar-refractivity contribution < 1.29 is 19.7 Å². The van der Waals surface area contributed by atoms with E-state index in [4.69, 9.17) is 4.74 Å². The summed E-state index contributed by atoms with van der Waals surface area (Å²) in [6, 6.07) is 4.53. The topological polar surface area (TPSA) is 70.0 Å². The summed E-state index contributed by atoms with van der Waals surface area (Å²) in [5.74, 6) is -0.308. The van der Waals surface area contributed by atoms with Gasteiger partial charge in [-0.25, -0.2) is 0 Å². The normalized spacial score (nSPS) is 19.9. The zero-order valence-corrected chi connectivity index (χ0v) is 11.8. The standard InChI is InChI=1S/C12H14INO4/c13-8-1-2-11(16)10(5-8)12(17)14-3-4-18-7-9(14)6-15/h1-2,5,9,15-16H,3-4,6-7H2. The molecule has 5 nitrogen and oxygen atoms in total. The molecule has 1 aliphatic heterocycles. The van der Waals surface area contributed by atoms with Crippen LogP contribution < -0.4 is 0 Å². The molecule has 98 valence electrons. The molecule has 0 aromatic heterocycles. The van der Waals surface area contributed by atoms with Crippen LogP contribution >= 0.6 is 22.6 Å². The molecule has 1 aromatic rings. The fourth-order valence-corrected chi connectivity index (χ4v) is 2.40. The van der Waals surface area contributed by atoms with E-state index in [-0.39, 0.29) is 29.9 Å². The van der Waals surface area contributed by atoms with E-state index in [0.717, 1.165) is 3.57 Å². The van der Waals surface area contributed by atoms with Crippen molar-refractivity contribution in [1.82, 2.24) is 4.90 Å². The Bertz CT molecular complexity index is 452. The number of amides is 1. The number of halogens is 1. The van der Waals surface area contributed by atoms with Gasteiger partial charge in [0.1, 0.15) is 5.75 Å². The highest BCUT2D eigenvalue weighted by Crippen LogP contribution is 2.23. The van der Waals surface area contributed by atoms with Crippen molar-refractivity contribution in [3.8, 4) is 5.75 Å². The van der Waals surface area contributed by atoms with E-state index >= 15 is 0 Å². The molecule has 0 spiro atoms. The Morgan fingerprint density at radius 3 is 3.06 bits per heavy atom. The Morgan fingerprint density at radius 2 is 2.33 bits per heavy atom. The van der Waals surface area contributed by atoms with Gasteiger partial charge in [-0.05, 0) is 40.8 Å². The summed E-state index contributed by atoms with van der Waals surface area (Å²) in [5, 5.41) is 19.0. The SMILES string of the molecule is O=C(c1cc(I)ccc1O)N1CCOCC1CO. The Morgan fingerprint density at radius 1 is 1.56 bits per heavy atom. The van der Waals surface area contributed by atoms with Crippen molar-refractivity contribution in [3.63, 3.8) is 0 Å². The van der Waals surface area contributed by atoms with Crippen molar-refractivity contribution in [1.29, 1.82) is 0 Å². The van der Waals surface area contributed by atoms with E-state index in [1.54, 1.807) is 17.0 Å². The number of aromatic hydroxyl groups is 1. The third-order valence-corrected chi connectivity index (χ3v) is 3.56. The molecule has 0 bridgehead atoms. The molecule has 1 heterocycles. The van der Waals surface area contributed by atoms with Crippen LogP contribution in [0.2, 0.25) is 0 Å². The summed E-state index contributed by atoms with van der Waals surface area (Å²) in [6.07, 6.45) is 0. The average Bonchev–Trinajstić information content (AvgIpc) is 2.40. The van der Waals surface area contributed by atoms with Gasteiger partial charge in [0.15, 0.2) is 0 Å². The van der Waals surface area contributed by atoms with Gasteiger partial charge in [-0.1, -0.05) is 0 Å². The summed E-state index contributed by atoms with van der Waals surface area (Å²) >= 11 is 2.08. The summed E-state index contributed by atoms with van der Waals surface area (Å²) < 4.78 is 6.10. The molecular weight excluding hydrogens is 349 g/mol. The maximum Gasteiger partial charge on any atom is 0.258 e. The minimum absolute atomic E-state index is 0.0383. The van der Waals surface area contributed by atoms with Crippen molar-refractivity contribution >= 4 is 28.5 Å². The fraction of sp³-hybridized carbons (Fsp3) is 0.417. The molecule has 1 saturated heterocycles. The summed E-state index contributed by atoms with van der Waals surface area (Å²) in [7, 11) is 0. The number of nitrogens with zero attached hydrogens (tertiary/aromatic N) is 1. The number of phenols is 1. The number of rotatable bonds is 2. The van der Waals surface area contributed by atoms with Crippen LogP contribution in [0.5, 0.6) is 5.75 Å². The van der Waals surface area contributed by atoms with Gasteiger partial charge in [0.2, 0.25) is 0 Å². The molecule has 2 N–H and O–H groups in total. The molecule has 18 heavy (non-hydrogen) atoms. The van der Waals surface area contributed by atoms with Crippen molar-refractivity contribution in [2.45, 2.75) is 6.04 Å². The number of carbonyl (C=O) groups excluding carboxylic acids is 1. The van der Waals surface area contributed by atoms with Gasteiger partial charge >= 0.3 is 0 Å². The third kappa shape index (κ3) is 2.76. The molecule has 6 heteroatoms.